The maximum Gasteiger partial charge on any atom is 0.525 e. The molecular weight excluding hydrogens is 268 g/mol. The van der Waals surface area contributed by atoms with Gasteiger partial charge in [-0.3, -0.25) is 0 Å². The van der Waals surface area contributed by atoms with E-state index in [9.17, 15) is 4.39 Å². The van der Waals surface area contributed by atoms with Gasteiger partial charge in [-0.05, 0) is 38.8 Å². The summed E-state index contributed by atoms with van der Waals surface area (Å²) in [6, 6.07) is 7.87. The monoisotopic (exact) mass is 289 g/mol. The van der Waals surface area contributed by atoms with Gasteiger partial charge in [-0.1, -0.05) is 24.3 Å². The number of benzene rings is 1. The van der Waals surface area contributed by atoms with Crippen LogP contribution in [0.2, 0.25) is 0 Å². The molecule has 1 saturated heterocycles. The number of halogens is 1. The van der Waals surface area contributed by atoms with E-state index in [0.717, 1.165) is 17.7 Å². The molecule has 2 aliphatic heterocycles. The smallest absolute Gasteiger partial charge is 0.398 e. The molecule has 0 aromatic heterocycles. The van der Waals surface area contributed by atoms with Crippen LogP contribution in [0, 0.1) is 0 Å². The first kappa shape index (κ1) is 14.8. The van der Waals surface area contributed by atoms with Crippen molar-refractivity contribution in [1.29, 1.82) is 0 Å². The van der Waals surface area contributed by atoms with Gasteiger partial charge in [0, 0.05) is 18.7 Å². The fourth-order valence-electron chi connectivity index (χ4n) is 2.69. The second-order valence-corrected chi connectivity index (χ2v) is 6.68. The quantitative estimate of drug-likeness (QED) is 0.806. The number of hydrogen-bond donors (Lipinski definition) is 1. The lowest BCUT2D eigenvalue weighted by Crippen LogP contribution is -2.41. The van der Waals surface area contributed by atoms with E-state index in [-0.39, 0.29) is 5.73 Å². The van der Waals surface area contributed by atoms with Gasteiger partial charge in [0.25, 0.3) is 0 Å². The normalized spacial score (nSPS) is 25.7. The first-order valence-electron chi connectivity index (χ1n) is 7.35. The van der Waals surface area contributed by atoms with Gasteiger partial charge >= 0.3 is 7.12 Å². The Hall–Kier alpha value is -1.17. The highest BCUT2D eigenvalue weighted by Gasteiger charge is 2.53. The molecule has 112 valence electrons. The Morgan fingerprint density at radius 1 is 1.10 bits per heavy atom. The summed E-state index contributed by atoms with van der Waals surface area (Å²) < 4.78 is 26.6. The van der Waals surface area contributed by atoms with Crippen molar-refractivity contribution in [3.05, 3.63) is 41.1 Å². The highest BCUT2D eigenvalue weighted by atomic mass is 19.1. The summed E-state index contributed by atoms with van der Waals surface area (Å²) in [6.45, 7) is 8.97. The van der Waals surface area contributed by atoms with Crippen LogP contribution in [-0.4, -0.2) is 24.9 Å². The van der Waals surface area contributed by atoms with Crippen LogP contribution in [0.4, 0.5) is 4.39 Å². The van der Waals surface area contributed by atoms with Gasteiger partial charge in [0.1, 0.15) is 5.73 Å². The molecule has 0 bridgehead atoms. The number of rotatable bonds is 1. The molecule has 3 nitrogen and oxygen atoms in total. The van der Waals surface area contributed by atoms with Gasteiger partial charge in [0.05, 0.1) is 11.2 Å². The van der Waals surface area contributed by atoms with Gasteiger partial charge in [-0.2, -0.15) is 0 Å². The van der Waals surface area contributed by atoms with Crippen LogP contribution in [0.3, 0.4) is 0 Å². The highest BCUT2D eigenvalue weighted by molar-refractivity contribution is 6.55. The van der Waals surface area contributed by atoms with E-state index < -0.39 is 18.3 Å². The summed E-state index contributed by atoms with van der Waals surface area (Å²) in [5.74, 6) is 0. The number of hydrogen-bond acceptors (Lipinski definition) is 3. The van der Waals surface area contributed by atoms with Crippen LogP contribution in [0.25, 0.3) is 5.57 Å². The second-order valence-electron chi connectivity index (χ2n) is 6.68. The third-order valence-electron chi connectivity index (χ3n) is 4.71. The summed E-state index contributed by atoms with van der Waals surface area (Å²) in [5, 5.41) is 3.23. The van der Waals surface area contributed by atoms with Crippen molar-refractivity contribution in [1.82, 2.24) is 5.32 Å². The van der Waals surface area contributed by atoms with Crippen molar-refractivity contribution in [2.24, 2.45) is 0 Å². The zero-order chi connectivity index (χ0) is 15.3. The Morgan fingerprint density at radius 3 is 2.38 bits per heavy atom. The second kappa shape index (κ2) is 4.94. The average Bonchev–Trinajstić information content (AvgIpc) is 2.66. The van der Waals surface area contributed by atoms with E-state index >= 15 is 0 Å². The predicted octanol–water partition coefficient (Wildman–Crippen LogP) is 3.10. The Balaban J connectivity index is 1.98. The minimum Gasteiger partial charge on any atom is -0.398 e. The fraction of sp³-hybridized carbons (Fsp3) is 0.500. The fourth-order valence-corrected chi connectivity index (χ4v) is 2.69. The largest absolute Gasteiger partial charge is 0.525 e. The number of nitrogens with one attached hydrogen (secondary N) is 1. The van der Waals surface area contributed by atoms with Crippen LogP contribution >= 0.6 is 0 Å². The Morgan fingerprint density at radius 2 is 1.71 bits per heavy atom. The third-order valence-corrected chi connectivity index (χ3v) is 4.71. The molecule has 0 atom stereocenters. The first-order valence-corrected chi connectivity index (χ1v) is 7.35. The zero-order valence-electron chi connectivity index (χ0n) is 13.0. The van der Waals surface area contributed by atoms with E-state index in [1.54, 1.807) is 0 Å². The molecule has 0 saturated carbocycles. The predicted molar refractivity (Wildman–Crippen MR) is 82.3 cm³/mol. The summed E-state index contributed by atoms with van der Waals surface area (Å²) in [5.41, 5.74) is 1.30. The van der Waals surface area contributed by atoms with Gasteiger partial charge in [0.2, 0.25) is 0 Å². The minimum atomic E-state index is -0.932. The molecule has 21 heavy (non-hydrogen) atoms. The number of fused-ring (bicyclic) bond motifs is 1. The van der Waals surface area contributed by atoms with Crippen LogP contribution in [0.5, 0.6) is 0 Å². The molecule has 5 heteroatoms. The molecule has 0 unspecified atom stereocenters. The van der Waals surface area contributed by atoms with Crippen molar-refractivity contribution in [3.63, 3.8) is 0 Å². The first-order chi connectivity index (χ1) is 9.82. The van der Waals surface area contributed by atoms with Crippen LogP contribution < -0.4 is 5.32 Å². The molecule has 0 radical (unpaired) electrons. The Kier molecular flexibility index (Phi) is 3.47. The van der Waals surface area contributed by atoms with E-state index in [2.05, 4.69) is 5.32 Å². The summed E-state index contributed by atoms with van der Waals surface area (Å²) in [4.78, 5) is 0. The van der Waals surface area contributed by atoms with Gasteiger partial charge in [-0.15, -0.1) is 0 Å². The molecule has 1 N–H and O–H groups in total. The summed E-state index contributed by atoms with van der Waals surface area (Å²) >= 11 is 0. The van der Waals surface area contributed by atoms with Crippen molar-refractivity contribution in [3.8, 4) is 0 Å². The van der Waals surface area contributed by atoms with Gasteiger partial charge < -0.3 is 14.6 Å². The van der Waals surface area contributed by atoms with Gasteiger partial charge in [0.15, 0.2) is 0 Å². The van der Waals surface area contributed by atoms with E-state index in [0.29, 0.717) is 12.1 Å². The maximum atomic E-state index is 14.9. The van der Waals surface area contributed by atoms with Gasteiger partial charge in [-0.25, -0.2) is 4.39 Å². The Bertz CT molecular complexity index is 582. The molecule has 2 heterocycles. The lowest BCUT2D eigenvalue weighted by Gasteiger charge is -2.32. The van der Waals surface area contributed by atoms with E-state index in [1.807, 2.05) is 52.0 Å². The molecule has 1 aromatic rings. The van der Waals surface area contributed by atoms with Crippen molar-refractivity contribution in [2.45, 2.75) is 45.4 Å². The molecule has 1 fully saturated rings. The standard InChI is InChI=1S/C16H21BFNO2/c1-15(2)16(3,4)21-17(20-15)14(18)13-10-19-9-11-7-5-6-8-12(11)13/h5-8,19H,9-10H2,1-4H3. The topological polar surface area (TPSA) is 30.5 Å². The van der Waals surface area contributed by atoms with E-state index in [1.165, 1.54) is 0 Å². The van der Waals surface area contributed by atoms with Crippen LogP contribution in [-0.2, 0) is 15.9 Å². The van der Waals surface area contributed by atoms with E-state index in [4.69, 9.17) is 9.31 Å². The molecular formula is C16H21BFNO2. The van der Waals surface area contributed by atoms with Crippen LogP contribution in [0.1, 0.15) is 38.8 Å². The zero-order valence-corrected chi connectivity index (χ0v) is 13.0. The van der Waals surface area contributed by atoms with Crippen molar-refractivity contribution < 1.29 is 13.7 Å². The minimum absolute atomic E-state index is 0.326. The average molecular weight is 289 g/mol. The summed E-state index contributed by atoms with van der Waals surface area (Å²) in [7, 11) is -0.932. The maximum absolute atomic E-state index is 14.9. The highest BCUT2D eigenvalue weighted by Crippen LogP contribution is 2.40. The van der Waals surface area contributed by atoms with Crippen LogP contribution in [0.15, 0.2) is 30.0 Å². The third kappa shape index (κ3) is 2.43. The van der Waals surface area contributed by atoms with Crippen molar-refractivity contribution >= 4 is 12.7 Å². The lowest BCUT2D eigenvalue weighted by molar-refractivity contribution is 0.00578. The molecule has 0 spiro atoms. The molecule has 1 aromatic carbocycles. The van der Waals surface area contributed by atoms with Crippen molar-refractivity contribution in [2.75, 3.05) is 6.54 Å². The lowest BCUT2D eigenvalue weighted by atomic mass is 9.81. The Labute approximate surface area is 125 Å². The molecule has 0 aliphatic carbocycles. The summed E-state index contributed by atoms with van der Waals surface area (Å²) in [6.07, 6.45) is 0. The SMILES string of the molecule is CC1(C)OB(C(F)=C2CNCc3ccccc32)OC1(C)C. The molecule has 3 rings (SSSR count). The molecule has 0 amide bonds. The molecule has 2 aliphatic rings.